The zero-order chi connectivity index (χ0) is 15.0. The molecule has 1 aliphatic carbocycles. The molecule has 0 aliphatic heterocycles. The number of aryl methyl sites for hydroxylation is 3. The summed E-state index contributed by atoms with van der Waals surface area (Å²) < 4.78 is 27.5. The van der Waals surface area contributed by atoms with E-state index in [-0.39, 0.29) is 0 Å². The Labute approximate surface area is 125 Å². The Kier molecular flexibility index (Phi) is 3.37. The molecule has 0 saturated carbocycles. The minimum absolute atomic E-state index is 0.295. The number of rotatable bonds is 3. The highest BCUT2D eigenvalue weighted by molar-refractivity contribution is 7.92. The van der Waals surface area contributed by atoms with Gasteiger partial charge in [0.15, 0.2) is 0 Å². The molecule has 0 heterocycles. The van der Waals surface area contributed by atoms with Gasteiger partial charge in [-0.2, -0.15) is 0 Å². The van der Waals surface area contributed by atoms with E-state index in [0.717, 1.165) is 30.4 Å². The Bertz CT molecular complexity index is 798. The standard InChI is InChI=1S/C16H18N2O2S/c1-11-5-8-16(15(17)9-11)18-21(19,20)14-7-6-12-3-2-4-13(12)10-14/h5-10,18H,2-4,17H2,1H3. The van der Waals surface area contributed by atoms with E-state index < -0.39 is 10.0 Å². The van der Waals surface area contributed by atoms with E-state index in [1.54, 1.807) is 24.3 Å². The van der Waals surface area contributed by atoms with Crippen molar-refractivity contribution < 1.29 is 8.42 Å². The Balaban J connectivity index is 1.93. The second kappa shape index (κ2) is 5.07. The van der Waals surface area contributed by atoms with Crippen LogP contribution in [0.5, 0.6) is 0 Å². The van der Waals surface area contributed by atoms with Crippen molar-refractivity contribution in [2.75, 3.05) is 10.5 Å². The van der Waals surface area contributed by atoms with Gasteiger partial charge in [-0.25, -0.2) is 8.42 Å². The molecule has 4 nitrogen and oxygen atoms in total. The number of sulfonamides is 1. The first-order valence-electron chi connectivity index (χ1n) is 6.96. The summed E-state index contributed by atoms with van der Waals surface area (Å²) in [4.78, 5) is 0.295. The van der Waals surface area contributed by atoms with Crippen LogP contribution in [0.2, 0.25) is 0 Å². The van der Waals surface area contributed by atoms with E-state index in [1.807, 2.05) is 19.1 Å². The van der Waals surface area contributed by atoms with Crippen molar-refractivity contribution in [1.29, 1.82) is 0 Å². The number of anilines is 2. The summed E-state index contributed by atoms with van der Waals surface area (Å²) in [6, 6.07) is 10.6. The van der Waals surface area contributed by atoms with Gasteiger partial charge in [-0.1, -0.05) is 12.1 Å². The van der Waals surface area contributed by atoms with Crippen molar-refractivity contribution in [3.63, 3.8) is 0 Å². The average molecular weight is 302 g/mol. The summed E-state index contributed by atoms with van der Waals surface area (Å²) in [5.74, 6) is 0. The molecule has 0 spiro atoms. The maximum atomic E-state index is 12.5. The number of nitrogens with two attached hydrogens (primary N) is 1. The maximum absolute atomic E-state index is 12.5. The summed E-state index contributed by atoms with van der Waals surface area (Å²) >= 11 is 0. The summed E-state index contributed by atoms with van der Waals surface area (Å²) in [6.07, 6.45) is 3.08. The van der Waals surface area contributed by atoms with Crippen LogP contribution in [-0.4, -0.2) is 8.42 Å². The third kappa shape index (κ3) is 2.74. The molecular formula is C16H18N2O2S. The monoisotopic (exact) mass is 302 g/mol. The van der Waals surface area contributed by atoms with Gasteiger partial charge in [0.05, 0.1) is 16.3 Å². The molecule has 2 aromatic carbocycles. The summed E-state index contributed by atoms with van der Waals surface area (Å²) in [5, 5.41) is 0. The first kappa shape index (κ1) is 13.9. The molecule has 21 heavy (non-hydrogen) atoms. The molecule has 0 amide bonds. The fraction of sp³-hybridized carbons (Fsp3) is 0.250. The van der Waals surface area contributed by atoms with Crippen LogP contribution in [0.25, 0.3) is 0 Å². The smallest absolute Gasteiger partial charge is 0.261 e. The molecule has 0 saturated heterocycles. The number of nitrogen functional groups attached to an aromatic ring is 1. The molecule has 0 unspecified atom stereocenters. The van der Waals surface area contributed by atoms with Crippen LogP contribution < -0.4 is 10.5 Å². The predicted molar refractivity (Wildman–Crippen MR) is 84.9 cm³/mol. The third-order valence-electron chi connectivity index (χ3n) is 3.83. The van der Waals surface area contributed by atoms with E-state index in [4.69, 9.17) is 5.73 Å². The van der Waals surface area contributed by atoms with Gasteiger partial charge in [-0.3, -0.25) is 4.72 Å². The molecule has 0 fully saturated rings. The van der Waals surface area contributed by atoms with Gasteiger partial charge in [0, 0.05) is 0 Å². The van der Waals surface area contributed by atoms with Crippen LogP contribution in [0, 0.1) is 6.92 Å². The minimum Gasteiger partial charge on any atom is -0.397 e. The molecule has 1 aliphatic rings. The number of hydrogen-bond donors (Lipinski definition) is 2. The maximum Gasteiger partial charge on any atom is 0.261 e. The van der Waals surface area contributed by atoms with E-state index in [2.05, 4.69) is 4.72 Å². The zero-order valence-electron chi connectivity index (χ0n) is 11.9. The number of nitrogens with one attached hydrogen (secondary N) is 1. The van der Waals surface area contributed by atoms with Gasteiger partial charge in [-0.05, 0) is 67.1 Å². The third-order valence-corrected chi connectivity index (χ3v) is 5.19. The van der Waals surface area contributed by atoms with Crippen molar-refractivity contribution in [1.82, 2.24) is 0 Å². The fourth-order valence-electron chi connectivity index (χ4n) is 2.69. The van der Waals surface area contributed by atoms with Crippen molar-refractivity contribution in [2.45, 2.75) is 31.1 Å². The van der Waals surface area contributed by atoms with Crippen molar-refractivity contribution in [2.24, 2.45) is 0 Å². The second-order valence-electron chi connectivity index (χ2n) is 5.48. The molecule has 3 rings (SSSR count). The molecule has 110 valence electrons. The van der Waals surface area contributed by atoms with E-state index in [1.165, 1.54) is 5.56 Å². The van der Waals surface area contributed by atoms with E-state index >= 15 is 0 Å². The van der Waals surface area contributed by atoms with Crippen LogP contribution in [0.15, 0.2) is 41.3 Å². The Morgan fingerprint density at radius 1 is 1.05 bits per heavy atom. The van der Waals surface area contributed by atoms with Gasteiger partial charge in [0.1, 0.15) is 0 Å². The Morgan fingerprint density at radius 3 is 2.57 bits per heavy atom. The first-order chi connectivity index (χ1) is 9.95. The second-order valence-corrected chi connectivity index (χ2v) is 7.16. The van der Waals surface area contributed by atoms with Crippen LogP contribution in [0.1, 0.15) is 23.1 Å². The van der Waals surface area contributed by atoms with Gasteiger partial charge in [0.25, 0.3) is 10.0 Å². The van der Waals surface area contributed by atoms with Crippen LogP contribution in [-0.2, 0) is 22.9 Å². The SMILES string of the molecule is Cc1ccc(NS(=O)(=O)c2ccc3c(c2)CCC3)c(N)c1. The van der Waals surface area contributed by atoms with Crippen LogP contribution >= 0.6 is 0 Å². The van der Waals surface area contributed by atoms with Crippen molar-refractivity contribution >= 4 is 21.4 Å². The lowest BCUT2D eigenvalue weighted by Crippen LogP contribution is -2.14. The first-order valence-corrected chi connectivity index (χ1v) is 8.45. The molecule has 5 heteroatoms. The lowest BCUT2D eigenvalue weighted by Gasteiger charge is -2.12. The highest BCUT2D eigenvalue weighted by Crippen LogP contribution is 2.27. The van der Waals surface area contributed by atoms with Gasteiger partial charge >= 0.3 is 0 Å². The van der Waals surface area contributed by atoms with Gasteiger partial charge in [0.2, 0.25) is 0 Å². The zero-order valence-corrected chi connectivity index (χ0v) is 12.7. The van der Waals surface area contributed by atoms with Gasteiger partial charge in [-0.15, -0.1) is 0 Å². The quantitative estimate of drug-likeness (QED) is 0.856. The van der Waals surface area contributed by atoms with Crippen LogP contribution in [0.3, 0.4) is 0 Å². The average Bonchev–Trinajstić information content (AvgIpc) is 2.89. The molecule has 3 N–H and O–H groups in total. The highest BCUT2D eigenvalue weighted by atomic mass is 32.2. The largest absolute Gasteiger partial charge is 0.397 e. The number of fused-ring (bicyclic) bond motifs is 1. The molecule has 2 aromatic rings. The summed E-state index contributed by atoms with van der Waals surface area (Å²) in [7, 11) is -3.60. The molecule has 0 atom stereocenters. The highest BCUT2D eigenvalue weighted by Gasteiger charge is 2.19. The molecular weight excluding hydrogens is 284 g/mol. The topological polar surface area (TPSA) is 72.2 Å². The normalized spacial score (nSPS) is 14.0. The fourth-order valence-corrected chi connectivity index (χ4v) is 3.83. The lowest BCUT2D eigenvalue weighted by atomic mass is 10.1. The molecule has 0 radical (unpaired) electrons. The summed E-state index contributed by atoms with van der Waals surface area (Å²) in [5.41, 5.74) is 10.1. The number of benzene rings is 2. The van der Waals surface area contributed by atoms with Crippen molar-refractivity contribution in [3.8, 4) is 0 Å². The summed E-state index contributed by atoms with van der Waals surface area (Å²) in [6.45, 7) is 1.91. The predicted octanol–water partition coefficient (Wildman–Crippen LogP) is 2.87. The lowest BCUT2D eigenvalue weighted by molar-refractivity contribution is 0.601. The Hall–Kier alpha value is -2.01. The van der Waals surface area contributed by atoms with E-state index in [0.29, 0.717) is 16.3 Å². The minimum atomic E-state index is -3.60. The van der Waals surface area contributed by atoms with E-state index in [9.17, 15) is 8.42 Å². The molecule has 0 bridgehead atoms. The Morgan fingerprint density at radius 2 is 1.81 bits per heavy atom. The molecule has 0 aromatic heterocycles. The van der Waals surface area contributed by atoms with Gasteiger partial charge < -0.3 is 5.73 Å². The van der Waals surface area contributed by atoms with Crippen LogP contribution in [0.4, 0.5) is 11.4 Å². The van der Waals surface area contributed by atoms with Crippen molar-refractivity contribution in [3.05, 3.63) is 53.1 Å². The number of hydrogen-bond acceptors (Lipinski definition) is 3.